The van der Waals surface area contributed by atoms with Gasteiger partial charge in [0.05, 0.1) is 21.5 Å². The standard InChI is InChI=1S/C20H15Cl2NOS2/c21-17-7-6-14(9-18(17)22)20-19(24)15(12-26-20)10-23-11-16(25)8-13-4-2-1-3-5-13/h1-7,9-10,12,24H,8,11H2. The lowest BCUT2D eigenvalue weighted by molar-refractivity contribution is 0.479. The minimum Gasteiger partial charge on any atom is -0.506 e. The smallest absolute Gasteiger partial charge is 0.142 e. The maximum atomic E-state index is 10.5. The Morgan fingerprint density at radius 3 is 2.62 bits per heavy atom. The maximum Gasteiger partial charge on any atom is 0.142 e. The Hall–Kier alpha value is -1.72. The lowest BCUT2D eigenvalue weighted by Gasteiger charge is -2.02. The molecule has 3 rings (SSSR count). The molecule has 0 atom stereocenters. The first kappa shape index (κ1) is 19.1. The van der Waals surface area contributed by atoms with Gasteiger partial charge in [-0.2, -0.15) is 0 Å². The third-order valence-electron chi connectivity index (χ3n) is 3.72. The predicted molar refractivity (Wildman–Crippen MR) is 117 cm³/mol. The van der Waals surface area contributed by atoms with Gasteiger partial charge in [-0.15, -0.1) is 11.3 Å². The zero-order valence-corrected chi connectivity index (χ0v) is 16.8. The number of nitrogens with zero attached hydrogens (tertiary/aromatic N) is 1. The number of aliphatic imine (C=N–C) groups is 1. The Kier molecular flexibility index (Phi) is 6.43. The van der Waals surface area contributed by atoms with Crippen LogP contribution in [0.15, 0.2) is 58.9 Å². The number of hydrogen-bond acceptors (Lipinski definition) is 4. The van der Waals surface area contributed by atoms with E-state index in [1.807, 2.05) is 41.8 Å². The fraction of sp³-hybridized carbons (Fsp3) is 0.100. The van der Waals surface area contributed by atoms with E-state index in [1.165, 1.54) is 16.9 Å². The van der Waals surface area contributed by atoms with Crippen LogP contribution < -0.4 is 0 Å². The number of halogens is 2. The highest BCUT2D eigenvalue weighted by Gasteiger charge is 2.12. The molecule has 0 radical (unpaired) electrons. The van der Waals surface area contributed by atoms with E-state index in [0.717, 1.165) is 21.7 Å². The monoisotopic (exact) mass is 419 g/mol. The number of aromatic hydroxyl groups is 1. The molecule has 0 aliphatic carbocycles. The molecular formula is C20H15Cl2NOS2. The highest BCUT2D eigenvalue weighted by molar-refractivity contribution is 7.80. The molecule has 2 nitrogen and oxygen atoms in total. The average molecular weight is 420 g/mol. The Morgan fingerprint density at radius 1 is 1.12 bits per heavy atom. The van der Waals surface area contributed by atoms with Gasteiger partial charge in [-0.3, -0.25) is 4.99 Å². The van der Waals surface area contributed by atoms with Crippen LogP contribution in [0.5, 0.6) is 5.75 Å². The van der Waals surface area contributed by atoms with Crippen molar-refractivity contribution in [3.05, 3.63) is 75.1 Å². The van der Waals surface area contributed by atoms with Crippen molar-refractivity contribution in [2.24, 2.45) is 4.99 Å². The number of benzene rings is 2. The van der Waals surface area contributed by atoms with Gasteiger partial charge in [-0.05, 0) is 23.3 Å². The largest absolute Gasteiger partial charge is 0.506 e. The molecule has 0 unspecified atom stereocenters. The first-order valence-corrected chi connectivity index (χ1v) is 9.90. The van der Waals surface area contributed by atoms with Gasteiger partial charge in [-0.1, -0.05) is 71.8 Å². The minimum absolute atomic E-state index is 0.186. The van der Waals surface area contributed by atoms with E-state index >= 15 is 0 Å². The summed E-state index contributed by atoms with van der Waals surface area (Å²) in [6.07, 6.45) is 2.38. The van der Waals surface area contributed by atoms with E-state index in [9.17, 15) is 5.11 Å². The van der Waals surface area contributed by atoms with Gasteiger partial charge in [0, 0.05) is 28.4 Å². The summed E-state index contributed by atoms with van der Waals surface area (Å²) in [5, 5.41) is 13.3. The molecule has 0 saturated heterocycles. The lowest BCUT2D eigenvalue weighted by Crippen LogP contribution is -2.04. The minimum atomic E-state index is 0.186. The molecule has 0 bridgehead atoms. The number of hydrogen-bond donors (Lipinski definition) is 1. The summed E-state index contributed by atoms with van der Waals surface area (Å²) in [6, 6.07) is 15.4. The van der Waals surface area contributed by atoms with Crippen LogP contribution in [0.3, 0.4) is 0 Å². The lowest BCUT2D eigenvalue weighted by atomic mass is 10.1. The molecule has 2 aromatic carbocycles. The van der Waals surface area contributed by atoms with Gasteiger partial charge in [0.25, 0.3) is 0 Å². The van der Waals surface area contributed by atoms with Gasteiger partial charge < -0.3 is 5.11 Å². The van der Waals surface area contributed by atoms with Crippen LogP contribution in [0.25, 0.3) is 10.4 Å². The molecule has 0 amide bonds. The Morgan fingerprint density at radius 2 is 1.88 bits per heavy atom. The zero-order chi connectivity index (χ0) is 18.5. The van der Waals surface area contributed by atoms with Crippen molar-refractivity contribution in [2.75, 3.05) is 6.54 Å². The van der Waals surface area contributed by atoms with Gasteiger partial charge >= 0.3 is 0 Å². The molecule has 0 spiro atoms. The van der Waals surface area contributed by atoms with Crippen LogP contribution >= 0.6 is 46.8 Å². The van der Waals surface area contributed by atoms with Gasteiger partial charge in [0.1, 0.15) is 5.75 Å². The van der Waals surface area contributed by atoms with Crippen molar-refractivity contribution >= 4 is 57.8 Å². The van der Waals surface area contributed by atoms with E-state index in [-0.39, 0.29) is 5.75 Å². The molecule has 0 aliphatic heterocycles. The third kappa shape index (κ3) is 4.71. The quantitative estimate of drug-likeness (QED) is 0.367. The first-order chi connectivity index (χ1) is 12.5. The Bertz CT molecular complexity index is 952. The fourth-order valence-corrected chi connectivity index (χ4v) is 3.87. The van der Waals surface area contributed by atoms with E-state index in [4.69, 9.17) is 35.4 Å². The molecule has 6 heteroatoms. The SMILES string of the molecule is Oc1c(C=NCC(=S)Cc2ccccc2)csc1-c1ccc(Cl)c(Cl)c1. The summed E-state index contributed by atoms with van der Waals surface area (Å²) < 4.78 is 0. The molecule has 1 heterocycles. The second kappa shape index (κ2) is 8.78. The van der Waals surface area contributed by atoms with Crippen molar-refractivity contribution in [3.8, 4) is 16.2 Å². The molecule has 1 N–H and O–H groups in total. The van der Waals surface area contributed by atoms with Crippen LogP contribution in [0.2, 0.25) is 10.0 Å². The van der Waals surface area contributed by atoms with Crippen LogP contribution in [0.1, 0.15) is 11.1 Å². The van der Waals surface area contributed by atoms with E-state index in [0.29, 0.717) is 22.2 Å². The fourth-order valence-electron chi connectivity index (χ4n) is 2.42. The van der Waals surface area contributed by atoms with Gasteiger partial charge in [0.2, 0.25) is 0 Å². The highest BCUT2D eigenvalue weighted by atomic mass is 35.5. The van der Waals surface area contributed by atoms with Crippen LogP contribution in [0, 0.1) is 0 Å². The van der Waals surface area contributed by atoms with Gasteiger partial charge in [0.15, 0.2) is 0 Å². The molecule has 0 aliphatic rings. The summed E-state index contributed by atoms with van der Waals surface area (Å²) >= 11 is 18.8. The van der Waals surface area contributed by atoms with Crippen molar-refractivity contribution in [3.63, 3.8) is 0 Å². The summed E-state index contributed by atoms with van der Waals surface area (Å²) in [6.45, 7) is 0.446. The second-order valence-electron chi connectivity index (χ2n) is 5.67. The molecule has 1 aromatic heterocycles. The third-order valence-corrected chi connectivity index (χ3v) is 5.77. The zero-order valence-electron chi connectivity index (χ0n) is 13.7. The molecule has 0 saturated carbocycles. The van der Waals surface area contributed by atoms with Crippen molar-refractivity contribution in [2.45, 2.75) is 6.42 Å². The molecule has 132 valence electrons. The van der Waals surface area contributed by atoms with Crippen LogP contribution in [0.4, 0.5) is 0 Å². The molecule has 26 heavy (non-hydrogen) atoms. The Labute approximate surface area is 171 Å². The first-order valence-electron chi connectivity index (χ1n) is 7.86. The van der Waals surface area contributed by atoms with Crippen molar-refractivity contribution in [1.29, 1.82) is 0 Å². The maximum absolute atomic E-state index is 10.5. The predicted octanol–water partition coefficient (Wildman–Crippen LogP) is 6.46. The molecular weight excluding hydrogens is 405 g/mol. The van der Waals surface area contributed by atoms with Crippen molar-refractivity contribution < 1.29 is 5.11 Å². The summed E-state index contributed by atoms with van der Waals surface area (Å²) in [5.41, 5.74) is 2.66. The van der Waals surface area contributed by atoms with Gasteiger partial charge in [-0.25, -0.2) is 0 Å². The van der Waals surface area contributed by atoms with E-state index < -0.39 is 0 Å². The second-order valence-corrected chi connectivity index (χ2v) is 7.94. The van der Waals surface area contributed by atoms with Crippen LogP contribution in [-0.2, 0) is 6.42 Å². The number of rotatable bonds is 6. The summed E-state index contributed by atoms with van der Waals surface area (Å²) in [5.74, 6) is 0.186. The topological polar surface area (TPSA) is 32.6 Å². The summed E-state index contributed by atoms with van der Waals surface area (Å²) in [7, 11) is 0. The normalized spacial score (nSPS) is 11.2. The van der Waals surface area contributed by atoms with E-state index in [2.05, 4.69) is 4.99 Å². The number of thiocarbonyl (C=S) groups is 1. The average Bonchev–Trinajstić information content (AvgIpc) is 2.99. The van der Waals surface area contributed by atoms with Crippen LogP contribution in [-0.4, -0.2) is 22.7 Å². The summed E-state index contributed by atoms with van der Waals surface area (Å²) in [4.78, 5) is 5.96. The Balaban J connectivity index is 1.67. The number of thiophene rings is 1. The highest BCUT2D eigenvalue weighted by Crippen LogP contribution is 2.39. The molecule has 3 aromatic rings. The molecule has 0 fully saturated rings. The van der Waals surface area contributed by atoms with E-state index in [1.54, 1.807) is 18.3 Å². The van der Waals surface area contributed by atoms with Crippen molar-refractivity contribution in [1.82, 2.24) is 0 Å².